The van der Waals surface area contributed by atoms with Crippen molar-refractivity contribution in [2.24, 2.45) is 5.92 Å². The number of ether oxygens (including phenoxy) is 1. The van der Waals surface area contributed by atoms with Gasteiger partial charge in [-0.25, -0.2) is 4.79 Å². The number of hydrogen-bond acceptors (Lipinski definition) is 5. The van der Waals surface area contributed by atoms with Gasteiger partial charge in [-0.2, -0.15) is 0 Å². The van der Waals surface area contributed by atoms with E-state index in [1.54, 1.807) is 29.3 Å². The number of methoxy groups -OCH3 is 1. The zero-order valence-electron chi connectivity index (χ0n) is 23.4. The molecule has 2 atom stereocenters. The summed E-state index contributed by atoms with van der Waals surface area (Å²) in [5.41, 5.74) is 5.64. The summed E-state index contributed by atoms with van der Waals surface area (Å²) in [5, 5.41) is 4.29. The lowest BCUT2D eigenvalue weighted by Gasteiger charge is -2.34. The number of hydrogen-bond donors (Lipinski definition) is 1. The fourth-order valence-corrected chi connectivity index (χ4v) is 6.97. The van der Waals surface area contributed by atoms with E-state index in [0.29, 0.717) is 52.6 Å². The molecular formula is C33H29Cl3N4O3. The van der Waals surface area contributed by atoms with E-state index in [1.165, 1.54) is 7.11 Å². The Kier molecular flexibility index (Phi) is 8.59. The summed E-state index contributed by atoms with van der Waals surface area (Å²) in [7, 11) is 1.41. The number of anilines is 2. The van der Waals surface area contributed by atoms with Crippen molar-refractivity contribution in [3.63, 3.8) is 0 Å². The third kappa shape index (κ3) is 5.95. The van der Waals surface area contributed by atoms with Crippen molar-refractivity contribution in [2.45, 2.75) is 25.4 Å². The summed E-state index contributed by atoms with van der Waals surface area (Å²) < 4.78 is 5.09. The van der Waals surface area contributed by atoms with Crippen LogP contribution in [0.5, 0.6) is 0 Å². The van der Waals surface area contributed by atoms with Gasteiger partial charge in [-0.1, -0.05) is 71.2 Å². The standard InChI is InChI=1S/C33H29Cl3N4O3/c1-43-31(41)15-21-17-39(18-22-7-4-5-12-37-22)19-26(21)20-13-24(23-8-2-3-9-27(23)34)25-16-38-33(42)40(30(25)14-20)32-28(35)10-6-11-29(32)36/h2-14,21,26H,15-19H2,1H3,(H,38,42). The van der Waals surface area contributed by atoms with Crippen LogP contribution in [0, 0.1) is 5.92 Å². The molecule has 6 rings (SSSR count). The maximum absolute atomic E-state index is 13.5. The van der Waals surface area contributed by atoms with Gasteiger partial charge in [-0.15, -0.1) is 0 Å². The fraction of sp³-hybridized carbons (Fsp3) is 0.242. The molecule has 0 saturated carbocycles. The van der Waals surface area contributed by atoms with Gasteiger partial charge in [0.15, 0.2) is 0 Å². The smallest absolute Gasteiger partial charge is 0.326 e. The minimum absolute atomic E-state index is 0.0249. The number of rotatable bonds is 7. The van der Waals surface area contributed by atoms with Crippen molar-refractivity contribution in [3.05, 3.63) is 111 Å². The number of esters is 1. The molecule has 2 aliphatic rings. The number of nitrogens with one attached hydrogen (secondary N) is 1. The number of para-hydroxylation sites is 1. The first-order valence-electron chi connectivity index (χ1n) is 14.0. The second-order valence-electron chi connectivity index (χ2n) is 10.8. The van der Waals surface area contributed by atoms with Crippen molar-refractivity contribution >= 4 is 58.2 Å². The maximum atomic E-state index is 13.5. The zero-order chi connectivity index (χ0) is 30.1. The quantitative estimate of drug-likeness (QED) is 0.209. The average molecular weight is 636 g/mol. The van der Waals surface area contributed by atoms with Crippen LogP contribution in [0.3, 0.4) is 0 Å². The lowest BCUT2D eigenvalue weighted by Crippen LogP contribution is -2.42. The highest BCUT2D eigenvalue weighted by Crippen LogP contribution is 2.47. The van der Waals surface area contributed by atoms with Crippen molar-refractivity contribution in [2.75, 3.05) is 25.1 Å². The average Bonchev–Trinajstić information content (AvgIpc) is 3.39. The number of nitrogens with zero attached hydrogens (tertiary/aromatic N) is 3. The molecule has 2 amide bonds. The van der Waals surface area contributed by atoms with Gasteiger partial charge in [0.05, 0.1) is 40.6 Å². The van der Waals surface area contributed by atoms with Gasteiger partial charge >= 0.3 is 12.0 Å². The molecule has 0 bridgehead atoms. The Bertz CT molecular complexity index is 1660. The van der Waals surface area contributed by atoms with Gasteiger partial charge in [0.1, 0.15) is 0 Å². The number of amides is 2. The number of benzene rings is 3. The van der Waals surface area contributed by atoms with E-state index in [9.17, 15) is 9.59 Å². The predicted octanol–water partition coefficient (Wildman–Crippen LogP) is 7.85. The van der Waals surface area contributed by atoms with E-state index in [2.05, 4.69) is 21.3 Å². The first kappa shape index (κ1) is 29.5. The molecule has 1 saturated heterocycles. The minimum Gasteiger partial charge on any atom is -0.469 e. The van der Waals surface area contributed by atoms with Crippen molar-refractivity contribution < 1.29 is 14.3 Å². The molecular weight excluding hydrogens is 607 g/mol. The van der Waals surface area contributed by atoms with E-state index in [4.69, 9.17) is 39.5 Å². The van der Waals surface area contributed by atoms with Crippen LogP contribution in [-0.2, 0) is 22.6 Å². The second-order valence-corrected chi connectivity index (χ2v) is 12.0. The van der Waals surface area contributed by atoms with Crippen molar-refractivity contribution in [1.82, 2.24) is 15.2 Å². The Balaban J connectivity index is 1.51. The lowest BCUT2D eigenvalue weighted by molar-refractivity contribution is -0.141. The number of halogens is 3. The van der Waals surface area contributed by atoms with Crippen LogP contribution in [0.15, 0.2) is 79.0 Å². The molecule has 0 aliphatic carbocycles. The molecule has 0 spiro atoms. The number of carbonyl (C=O) groups is 2. The first-order chi connectivity index (χ1) is 20.8. The summed E-state index contributed by atoms with van der Waals surface area (Å²) in [6, 6.07) is 22.5. The molecule has 2 unspecified atom stereocenters. The normalized spacial score (nSPS) is 18.3. The summed E-state index contributed by atoms with van der Waals surface area (Å²) in [4.78, 5) is 34.4. The largest absolute Gasteiger partial charge is 0.469 e. The number of pyridine rings is 1. The molecule has 1 N–H and O–H groups in total. The van der Waals surface area contributed by atoms with Crippen molar-refractivity contribution in [1.29, 1.82) is 0 Å². The topological polar surface area (TPSA) is 74.8 Å². The highest BCUT2D eigenvalue weighted by molar-refractivity contribution is 6.40. The Hall–Kier alpha value is -3.62. The second kappa shape index (κ2) is 12.5. The van der Waals surface area contributed by atoms with E-state index in [1.807, 2.05) is 48.5 Å². The Morgan fingerprint density at radius 2 is 1.70 bits per heavy atom. The first-order valence-corrected chi connectivity index (χ1v) is 15.1. The molecule has 0 radical (unpaired) electrons. The minimum atomic E-state index is -0.334. The van der Waals surface area contributed by atoms with Gasteiger partial charge in [-0.3, -0.25) is 19.6 Å². The van der Waals surface area contributed by atoms with Crippen LogP contribution in [-0.4, -0.2) is 42.1 Å². The molecule has 43 heavy (non-hydrogen) atoms. The number of likely N-dealkylation sites (tertiary alicyclic amines) is 1. The zero-order valence-corrected chi connectivity index (χ0v) is 25.7. The summed E-state index contributed by atoms with van der Waals surface area (Å²) in [6.07, 6.45) is 2.05. The highest BCUT2D eigenvalue weighted by Gasteiger charge is 2.38. The molecule has 2 aliphatic heterocycles. The van der Waals surface area contributed by atoms with Crippen molar-refractivity contribution in [3.8, 4) is 11.1 Å². The van der Waals surface area contributed by atoms with Crippen LogP contribution in [0.2, 0.25) is 15.1 Å². The predicted molar refractivity (Wildman–Crippen MR) is 170 cm³/mol. The number of fused-ring (bicyclic) bond motifs is 1. The van der Waals surface area contributed by atoms with E-state index < -0.39 is 0 Å². The Morgan fingerprint density at radius 3 is 2.42 bits per heavy atom. The molecule has 220 valence electrons. The van der Waals surface area contributed by atoms with Crippen LogP contribution in [0.1, 0.15) is 29.2 Å². The van der Waals surface area contributed by atoms with E-state index in [-0.39, 0.29) is 30.3 Å². The lowest BCUT2D eigenvalue weighted by atomic mass is 9.83. The van der Waals surface area contributed by atoms with Gasteiger partial charge in [0, 0.05) is 54.4 Å². The molecule has 1 aromatic heterocycles. The Morgan fingerprint density at radius 1 is 0.953 bits per heavy atom. The number of urea groups is 1. The summed E-state index contributed by atoms with van der Waals surface area (Å²) in [5.74, 6) is -0.325. The van der Waals surface area contributed by atoms with E-state index in [0.717, 1.165) is 27.9 Å². The summed E-state index contributed by atoms with van der Waals surface area (Å²) in [6.45, 7) is 2.34. The van der Waals surface area contributed by atoms with Crippen LogP contribution < -0.4 is 10.2 Å². The number of carbonyl (C=O) groups excluding carboxylic acids is 2. The van der Waals surface area contributed by atoms with Gasteiger partial charge < -0.3 is 10.1 Å². The maximum Gasteiger partial charge on any atom is 0.326 e. The third-order valence-electron chi connectivity index (χ3n) is 8.15. The molecule has 7 nitrogen and oxygen atoms in total. The molecule has 1 fully saturated rings. The molecule has 3 aromatic carbocycles. The number of aromatic nitrogens is 1. The SMILES string of the molecule is COC(=O)CC1CN(Cc2ccccn2)CC1c1cc(-c2ccccc2Cl)c2c(c1)N(c1c(Cl)cccc1Cl)C(=O)NC2. The Labute approximate surface area is 265 Å². The van der Waals surface area contributed by atoms with Crippen LogP contribution in [0.4, 0.5) is 16.2 Å². The fourth-order valence-electron chi connectivity index (χ4n) is 6.17. The van der Waals surface area contributed by atoms with Gasteiger partial charge in [0.25, 0.3) is 0 Å². The highest BCUT2D eigenvalue weighted by atomic mass is 35.5. The molecule has 4 aromatic rings. The molecule has 10 heteroatoms. The monoisotopic (exact) mass is 634 g/mol. The summed E-state index contributed by atoms with van der Waals surface area (Å²) >= 11 is 20.0. The van der Waals surface area contributed by atoms with Crippen LogP contribution in [0.25, 0.3) is 11.1 Å². The molecule has 3 heterocycles. The van der Waals surface area contributed by atoms with E-state index >= 15 is 0 Å². The van der Waals surface area contributed by atoms with Gasteiger partial charge in [0.2, 0.25) is 0 Å². The third-order valence-corrected chi connectivity index (χ3v) is 9.09. The van der Waals surface area contributed by atoms with Gasteiger partial charge in [-0.05, 0) is 53.4 Å². The van der Waals surface area contributed by atoms with Crippen LogP contribution >= 0.6 is 34.8 Å².